The molecule has 2 rings (SSSR count). The molecule has 0 spiro atoms. The van der Waals surface area contributed by atoms with Crippen molar-refractivity contribution in [3.05, 3.63) is 35.4 Å². The van der Waals surface area contributed by atoms with Crippen molar-refractivity contribution < 1.29 is 13.5 Å². The third-order valence-electron chi connectivity index (χ3n) is 2.98. The maximum atomic E-state index is 13.5. The Morgan fingerprint density at radius 2 is 2.28 bits per heavy atom. The van der Waals surface area contributed by atoms with Gasteiger partial charge in [-0.1, -0.05) is 0 Å². The van der Waals surface area contributed by atoms with E-state index in [2.05, 4.69) is 0 Å². The smallest absolute Gasteiger partial charge is 0.128 e. The van der Waals surface area contributed by atoms with Crippen LogP contribution in [0.5, 0.6) is 0 Å². The van der Waals surface area contributed by atoms with Crippen molar-refractivity contribution in [3.63, 3.8) is 0 Å². The maximum absolute atomic E-state index is 13.5. The van der Waals surface area contributed by atoms with Gasteiger partial charge < -0.3 is 10.5 Å². The Balaban J connectivity index is 1.83. The van der Waals surface area contributed by atoms with Gasteiger partial charge in [-0.2, -0.15) is 11.8 Å². The van der Waals surface area contributed by atoms with E-state index in [4.69, 9.17) is 10.5 Å². The summed E-state index contributed by atoms with van der Waals surface area (Å²) in [5, 5.41) is 0. The molecule has 0 radical (unpaired) electrons. The first-order valence-electron chi connectivity index (χ1n) is 6.06. The molecule has 1 aromatic rings. The first kappa shape index (κ1) is 13.8. The lowest BCUT2D eigenvalue weighted by Gasteiger charge is -2.14. The van der Waals surface area contributed by atoms with Gasteiger partial charge in [-0.3, -0.25) is 0 Å². The lowest BCUT2D eigenvalue weighted by Crippen LogP contribution is -2.17. The van der Waals surface area contributed by atoms with E-state index in [0.29, 0.717) is 11.9 Å². The van der Waals surface area contributed by atoms with Crippen LogP contribution in [-0.4, -0.2) is 24.2 Å². The zero-order valence-electron chi connectivity index (χ0n) is 10.1. The van der Waals surface area contributed by atoms with E-state index in [9.17, 15) is 8.78 Å². The average Bonchev–Trinajstić information content (AvgIpc) is 2.85. The van der Waals surface area contributed by atoms with E-state index >= 15 is 0 Å². The Labute approximate surface area is 110 Å². The van der Waals surface area contributed by atoms with Gasteiger partial charge in [0.25, 0.3) is 0 Å². The summed E-state index contributed by atoms with van der Waals surface area (Å²) in [5.74, 6) is 0.540. The van der Waals surface area contributed by atoms with Crippen LogP contribution in [0.1, 0.15) is 24.4 Å². The molecule has 0 amide bonds. The Morgan fingerprint density at radius 3 is 3.00 bits per heavy atom. The molecular formula is C13H17F2NOS. The summed E-state index contributed by atoms with van der Waals surface area (Å²) in [6.45, 7) is 0.829. The van der Waals surface area contributed by atoms with Crippen molar-refractivity contribution in [1.29, 1.82) is 0 Å². The summed E-state index contributed by atoms with van der Waals surface area (Å²) in [7, 11) is 0. The van der Waals surface area contributed by atoms with Crippen LogP contribution in [0, 0.1) is 11.6 Å². The molecule has 5 heteroatoms. The normalized spacial score (nSPS) is 21.2. The minimum atomic E-state index is -0.480. The van der Waals surface area contributed by atoms with Gasteiger partial charge in [0.2, 0.25) is 0 Å². The molecule has 18 heavy (non-hydrogen) atoms. The summed E-state index contributed by atoms with van der Waals surface area (Å²) < 4.78 is 32.0. The average molecular weight is 273 g/mol. The van der Waals surface area contributed by atoms with Crippen molar-refractivity contribution in [2.45, 2.75) is 25.0 Å². The third-order valence-corrected chi connectivity index (χ3v) is 4.18. The third kappa shape index (κ3) is 3.67. The SMILES string of the molecule is NC(CSCC1CCCO1)c1cc(F)ccc1F. The largest absolute Gasteiger partial charge is 0.377 e. The first-order chi connectivity index (χ1) is 8.66. The highest BCUT2D eigenvalue weighted by Crippen LogP contribution is 2.23. The van der Waals surface area contributed by atoms with Crippen LogP contribution in [0.4, 0.5) is 8.78 Å². The molecule has 1 aliphatic heterocycles. The van der Waals surface area contributed by atoms with E-state index in [1.807, 2.05) is 0 Å². The molecular weight excluding hydrogens is 256 g/mol. The number of hydrogen-bond acceptors (Lipinski definition) is 3. The second-order valence-corrected chi connectivity index (χ2v) is 5.52. The lowest BCUT2D eigenvalue weighted by molar-refractivity contribution is 0.129. The fourth-order valence-electron chi connectivity index (χ4n) is 1.99. The van der Waals surface area contributed by atoms with Gasteiger partial charge >= 0.3 is 0 Å². The molecule has 2 atom stereocenters. The number of nitrogens with two attached hydrogens (primary N) is 1. The minimum Gasteiger partial charge on any atom is -0.377 e. The molecule has 2 nitrogen and oxygen atoms in total. The topological polar surface area (TPSA) is 35.2 Å². The Bertz CT molecular complexity index is 397. The predicted octanol–water partition coefficient (Wildman–Crippen LogP) is 2.88. The highest BCUT2D eigenvalue weighted by molar-refractivity contribution is 7.99. The number of benzene rings is 1. The number of halogens is 2. The van der Waals surface area contributed by atoms with Crippen LogP contribution in [0.3, 0.4) is 0 Å². The second kappa shape index (κ2) is 6.50. The summed E-state index contributed by atoms with van der Waals surface area (Å²) in [6, 6.07) is 2.92. The number of ether oxygens (including phenoxy) is 1. The molecule has 0 saturated carbocycles. The van der Waals surface area contributed by atoms with Gasteiger partial charge in [-0.05, 0) is 31.0 Å². The minimum absolute atomic E-state index is 0.245. The van der Waals surface area contributed by atoms with Crippen LogP contribution in [-0.2, 0) is 4.74 Å². The van der Waals surface area contributed by atoms with Gasteiger partial charge in [-0.15, -0.1) is 0 Å². The van der Waals surface area contributed by atoms with Crippen molar-refractivity contribution >= 4 is 11.8 Å². The van der Waals surface area contributed by atoms with E-state index in [0.717, 1.165) is 37.3 Å². The molecule has 1 aromatic carbocycles. The van der Waals surface area contributed by atoms with Crippen LogP contribution in [0.25, 0.3) is 0 Å². The first-order valence-corrected chi connectivity index (χ1v) is 7.22. The van der Waals surface area contributed by atoms with E-state index in [1.54, 1.807) is 11.8 Å². The summed E-state index contributed by atoms with van der Waals surface area (Å²) in [4.78, 5) is 0. The van der Waals surface area contributed by atoms with Gasteiger partial charge in [0, 0.05) is 29.7 Å². The molecule has 0 bridgehead atoms. The molecule has 0 aliphatic carbocycles. The van der Waals surface area contributed by atoms with Gasteiger partial charge in [-0.25, -0.2) is 8.78 Å². The van der Waals surface area contributed by atoms with Gasteiger partial charge in [0.15, 0.2) is 0 Å². The molecule has 2 unspecified atom stereocenters. The second-order valence-electron chi connectivity index (χ2n) is 4.44. The van der Waals surface area contributed by atoms with E-state index in [-0.39, 0.29) is 5.56 Å². The standard InChI is InChI=1S/C13H17F2NOS/c14-9-3-4-12(15)11(6-9)13(16)8-18-7-10-2-1-5-17-10/h3-4,6,10,13H,1-2,5,7-8,16H2. The number of hydrogen-bond donors (Lipinski definition) is 1. The van der Waals surface area contributed by atoms with Crippen molar-refractivity contribution in [2.75, 3.05) is 18.1 Å². The summed E-state index contributed by atoms with van der Waals surface area (Å²) in [5.41, 5.74) is 6.13. The lowest BCUT2D eigenvalue weighted by atomic mass is 10.1. The molecule has 0 aromatic heterocycles. The van der Waals surface area contributed by atoms with Gasteiger partial charge in [0.1, 0.15) is 11.6 Å². The maximum Gasteiger partial charge on any atom is 0.128 e. The van der Waals surface area contributed by atoms with Crippen LogP contribution >= 0.6 is 11.8 Å². The molecule has 1 saturated heterocycles. The fraction of sp³-hybridized carbons (Fsp3) is 0.538. The highest BCUT2D eigenvalue weighted by atomic mass is 32.2. The number of thioether (sulfide) groups is 1. The molecule has 1 fully saturated rings. The quantitative estimate of drug-likeness (QED) is 0.896. The monoisotopic (exact) mass is 273 g/mol. The van der Waals surface area contributed by atoms with Crippen molar-refractivity contribution in [2.24, 2.45) is 5.73 Å². The molecule has 1 heterocycles. The van der Waals surface area contributed by atoms with E-state index in [1.165, 1.54) is 6.07 Å². The Hall–Kier alpha value is -0.650. The predicted molar refractivity (Wildman–Crippen MR) is 69.6 cm³/mol. The molecule has 2 N–H and O–H groups in total. The summed E-state index contributed by atoms with van der Waals surface area (Å²) >= 11 is 1.63. The Kier molecular flexibility index (Phi) is 4.97. The van der Waals surface area contributed by atoms with Crippen molar-refractivity contribution in [1.82, 2.24) is 0 Å². The Morgan fingerprint density at radius 1 is 1.44 bits per heavy atom. The fourth-order valence-corrected chi connectivity index (χ4v) is 3.09. The summed E-state index contributed by atoms with van der Waals surface area (Å²) in [6.07, 6.45) is 2.48. The zero-order valence-corrected chi connectivity index (χ0v) is 10.9. The van der Waals surface area contributed by atoms with Crippen molar-refractivity contribution in [3.8, 4) is 0 Å². The molecule has 100 valence electrons. The van der Waals surface area contributed by atoms with Crippen LogP contribution < -0.4 is 5.73 Å². The van der Waals surface area contributed by atoms with Crippen LogP contribution in [0.15, 0.2) is 18.2 Å². The van der Waals surface area contributed by atoms with Crippen LogP contribution in [0.2, 0.25) is 0 Å². The van der Waals surface area contributed by atoms with Gasteiger partial charge in [0.05, 0.1) is 6.10 Å². The highest BCUT2D eigenvalue weighted by Gasteiger charge is 2.17. The zero-order chi connectivity index (χ0) is 13.0. The van der Waals surface area contributed by atoms with E-state index < -0.39 is 17.7 Å². The number of rotatable bonds is 5. The molecule has 1 aliphatic rings.